The van der Waals surface area contributed by atoms with Crippen LogP contribution in [0.2, 0.25) is 0 Å². The van der Waals surface area contributed by atoms with Crippen molar-refractivity contribution in [3.8, 4) is 0 Å². The highest BCUT2D eigenvalue weighted by molar-refractivity contribution is 7.18. The zero-order valence-corrected chi connectivity index (χ0v) is 9.49. The minimum absolute atomic E-state index is 0.0700. The predicted octanol–water partition coefficient (Wildman–Crippen LogP) is 0.772. The van der Waals surface area contributed by atoms with Crippen LogP contribution in [0, 0.1) is 0 Å². The lowest BCUT2D eigenvalue weighted by Crippen LogP contribution is -2.55. The van der Waals surface area contributed by atoms with Gasteiger partial charge in [0.1, 0.15) is 4.83 Å². The van der Waals surface area contributed by atoms with Crippen LogP contribution < -0.4 is 10.9 Å². The topological polar surface area (TPSA) is 57.8 Å². The summed E-state index contributed by atoms with van der Waals surface area (Å²) >= 11 is 1.73. The molecule has 0 bridgehead atoms. The molecule has 1 aliphatic heterocycles. The number of nitrogens with one attached hydrogen (secondary N) is 2. The van der Waals surface area contributed by atoms with Crippen molar-refractivity contribution in [2.45, 2.75) is 18.3 Å². The molecule has 0 amide bonds. The molecule has 1 spiro atoms. The van der Waals surface area contributed by atoms with Gasteiger partial charge in [-0.2, -0.15) is 4.98 Å². The first-order chi connectivity index (χ1) is 7.80. The maximum absolute atomic E-state index is 11.9. The summed E-state index contributed by atoms with van der Waals surface area (Å²) in [6.45, 7) is 2.03. The van der Waals surface area contributed by atoms with Crippen molar-refractivity contribution in [2.24, 2.45) is 0 Å². The van der Waals surface area contributed by atoms with E-state index in [4.69, 9.17) is 0 Å². The number of hydrogen-bond acceptors (Lipinski definition) is 4. The summed E-state index contributed by atoms with van der Waals surface area (Å²) in [4.78, 5) is 21.2. The van der Waals surface area contributed by atoms with Crippen LogP contribution in [0.5, 0.6) is 0 Å². The second-order valence-electron chi connectivity index (χ2n) is 4.70. The third-order valence-electron chi connectivity index (χ3n) is 3.86. The number of nitrogens with zero attached hydrogens (tertiary/aromatic N) is 1. The molecule has 16 heavy (non-hydrogen) atoms. The first-order valence-electron chi connectivity index (χ1n) is 5.50. The van der Waals surface area contributed by atoms with Crippen LogP contribution in [0.1, 0.15) is 16.9 Å². The van der Waals surface area contributed by atoms with E-state index >= 15 is 0 Å². The number of aromatic amines is 1. The summed E-state index contributed by atoms with van der Waals surface area (Å²) in [7, 11) is 0. The van der Waals surface area contributed by atoms with Crippen LogP contribution in [0.15, 0.2) is 11.1 Å². The number of fused-ring (bicyclic) bond motifs is 4. The SMILES string of the molecule is O=c1nc[nH]c2sc3c(c12)C1(CC3)CNC1. The molecule has 2 aliphatic rings. The lowest BCUT2D eigenvalue weighted by atomic mass is 9.76. The molecule has 0 unspecified atom stereocenters. The monoisotopic (exact) mass is 233 g/mol. The van der Waals surface area contributed by atoms with Gasteiger partial charge in [-0.1, -0.05) is 0 Å². The molecular formula is C11H11N3OS. The number of aryl methyl sites for hydroxylation is 1. The Labute approximate surface area is 95.7 Å². The fourth-order valence-electron chi connectivity index (χ4n) is 2.99. The van der Waals surface area contributed by atoms with Gasteiger partial charge in [-0.15, -0.1) is 11.3 Å². The first kappa shape index (κ1) is 8.90. The molecule has 2 aromatic rings. The molecule has 0 radical (unpaired) electrons. The minimum atomic E-state index is -0.0700. The molecule has 4 nitrogen and oxygen atoms in total. The summed E-state index contributed by atoms with van der Waals surface area (Å²) in [6, 6.07) is 0. The Morgan fingerprint density at radius 3 is 3.06 bits per heavy atom. The molecule has 0 saturated carbocycles. The van der Waals surface area contributed by atoms with Gasteiger partial charge in [-0.3, -0.25) is 4.79 Å². The molecule has 0 atom stereocenters. The van der Waals surface area contributed by atoms with Gasteiger partial charge in [0.2, 0.25) is 0 Å². The Bertz CT molecular complexity index is 638. The normalized spacial score (nSPS) is 21.2. The Morgan fingerprint density at radius 2 is 2.31 bits per heavy atom. The zero-order chi connectivity index (χ0) is 10.8. The van der Waals surface area contributed by atoms with E-state index in [1.54, 1.807) is 11.3 Å². The third-order valence-corrected chi connectivity index (χ3v) is 5.04. The summed E-state index contributed by atoms with van der Waals surface area (Å²) in [5.74, 6) is 0. The number of aromatic nitrogens is 2. The molecule has 1 fully saturated rings. The van der Waals surface area contributed by atoms with Gasteiger partial charge in [0.05, 0.1) is 11.7 Å². The van der Waals surface area contributed by atoms with Crippen LogP contribution in [0.3, 0.4) is 0 Å². The molecule has 2 N–H and O–H groups in total. The molecule has 3 heterocycles. The van der Waals surface area contributed by atoms with Crippen LogP contribution in [-0.2, 0) is 11.8 Å². The van der Waals surface area contributed by atoms with Gasteiger partial charge in [-0.25, -0.2) is 0 Å². The second kappa shape index (κ2) is 2.73. The summed E-state index contributed by atoms with van der Waals surface area (Å²) < 4.78 is 0. The highest BCUT2D eigenvalue weighted by Crippen LogP contribution is 2.47. The van der Waals surface area contributed by atoms with Crippen LogP contribution in [0.25, 0.3) is 10.2 Å². The van der Waals surface area contributed by atoms with E-state index < -0.39 is 0 Å². The fourth-order valence-corrected chi connectivity index (χ4v) is 4.27. The van der Waals surface area contributed by atoms with Crippen molar-refractivity contribution in [3.63, 3.8) is 0 Å². The van der Waals surface area contributed by atoms with Crippen LogP contribution in [-0.4, -0.2) is 23.1 Å². The van der Waals surface area contributed by atoms with Gasteiger partial charge in [-0.05, 0) is 18.4 Å². The van der Waals surface area contributed by atoms with Gasteiger partial charge in [0.25, 0.3) is 5.56 Å². The first-order valence-corrected chi connectivity index (χ1v) is 6.32. The molecule has 4 rings (SSSR count). The quantitative estimate of drug-likeness (QED) is 0.706. The molecule has 82 valence electrons. The fraction of sp³-hybridized carbons (Fsp3) is 0.455. The third kappa shape index (κ3) is 0.888. The molecule has 1 aliphatic carbocycles. The molecule has 2 aromatic heterocycles. The van der Waals surface area contributed by atoms with Crippen molar-refractivity contribution in [1.82, 2.24) is 15.3 Å². The van der Waals surface area contributed by atoms with E-state index in [9.17, 15) is 4.79 Å². The summed E-state index contributed by atoms with van der Waals surface area (Å²) in [6.07, 6.45) is 3.80. The van der Waals surface area contributed by atoms with Crippen molar-refractivity contribution in [3.05, 3.63) is 27.1 Å². The molecule has 5 heteroatoms. The van der Waals surface area contributed by atoms with E-state index in [1.807, 2.05) is 0 Å². The molecule has 0 aromatic carbocycles. The number of H-pyrrole nitrogens is 1. The van der Waals surface area contributed by atoms with Crippen molar-refractivity contribution in [2.75, 3.05) is 13.1 Å². The standard InChI is InChI=1S/C11H11N3OS/c15-9-7-8-6(16-10(7)14-5-13-9)1-2-11(8)3-12-4-11/h5,12H,1-4H2,(H,13,14,15). The van der Waals surface area contributed by atoms with Crippen LogP contribution >= 0.6 is 11.3 Å². The number of thiophene rings is 1. The van der Waals surface area contributed by atoms with Crippen molar-refractivity contribution in [1.29, 1.82) is 0 Å². The van der Waals surface area contributed by atoms with Gasteiger partial charge < -0.3 is 10.3 Å². The Balaban J connectivity index is 2.14. The Morgan fingerprint density at radius 1 is 1.44 bits per heavy atom. The zero-order valence-electron chi connectivity index (χ0n) is 8.67. The Kier molecular flexibility index (Phi) is 1.52. The lowest BCUT2D eigenvalue weighted by Gasteiger charge is -2.40. The minimum Gasteiger partial charge on any atom is -0.337 e. The van der Waals surface area contributed by atoms with E-state index in [0.717, 1.165) is 29.7 Å². The van der Waals surface area contributed by atoms with E-state index in [-0.39, 0.29) is 11.0 Å². The summed E-state index contributed by atoms with van der Waals surface area (Å²) in [5.41, 5.74) is 1.46. The van der Waals surface area contributed by atoms with Crippen molar-refractivity contribution < 1.29 is 0 Å². The van der Waals surface area contributed by atoms with Crippen LogP contribution in [0.4, 0.5) is 0 Å². The molecular weight excluding hydrogens is 222 g/mol. The van der Waals surface area contributed by atoms with E-state index in [2.05, 4.69) is 15.3 Å². The van der Waals surface area contributed by atoms with Crippen molar-refractivity contribution >= 4 is 21.6 Å². The predicted molar refractivity (Wildman–Crippen MR) is 63.1 cm³/mol. The maximum atomic E-state index is 11.9. The van der Waals surface area contributed by atoms with Gasteiger partial charge in [0.15, 0.2) is 0 Å². The maximum Gasteiger partial charge on any atom is 0.281 e. The average Bonchev–Trinajstić information content (AvgIpc) is 2.71. The highest BCUT2D eigenvalue weighted by Gasteiger charge is 2.46. The lowest BCUT2D eigenvalue weighted by molar-refractivity contribution is 0.278. The Hall–Kier alpha value is -1.20. The summed E-state index contributed by atoms with van der Waals surface area (Å²) in [5, 5.41) is 4.18. The van der Waals surface area contributed by atoms with E-state index in [1.165, 1.54) is 23.2 Å². The number of hydrogen-bond donors (Lipinski definition) is 2. The molecule has 1 saturated heterocycles. The number of rotatable bonds is 0. The second-order valence-corrected chi connectivity index (χ2v) is 5.80. The average molecular weight is 233 g/mol. The van der Waals surface area contributed by atoms with E-state index in [0.29, 0.717) is 0 Å². The van der Waals surface area contributed by atoms with Gasteiger partial charge >= 0.3 is 0 Å². The highest BCUT2D eigenvalue weighted by atomic mass is 32.1. The van der Waals surface area contributed by atoms with Gasteiger partial charge in [0, 0.05) is 23.4 Å². The smallest absolute Gasteiger partial charge is 0.281 e. The largest absolute Gasteiger partial charge is 0.337 e.